The second kappa shape index (κ2) is 11.7. The SMILES string of the molecule is CCNC(=NCC1(c2ccc(OC)cc2)CCOCC1)NC(C)C(C)C.I. The van der Waals surface area contributed by atoms with Crippen molar-refractivity contribution in [2.45, 2.75) is 52.0 Å². The third-order valence-electron chi connectivity index (χ3n) is 5.40. The second-order valence-electron chi connectivity index (χ2n) is 7.49. The van der Waals surface area contributed by atoms with E-state index in [0.717, 1.165) is 50.9 Å². The van der Waals surface area contributed by atoms with Crippen LogP contribution in [0.2, 0.25) is 0 Å². The van der Waals surface area contributed by atoms with E-state index in [4.69, 9.17) is 14.5 Å². The molecule has 1 saturated heterocycles. The van der Waals surface area contributed by atoms with Crippen molar-refractivity contribution in [3.63, 3.8) is 0 Å². The number of nitrogens with zero attached hydrogens (tertiary/aromatic N) is 1. The Hall–Kier alpha value is -1.02. The summed E-state index contributed by atoms with van der Waals surface area (Å²) in [5.41, 5.74) is 1.34. The minimum absolute atomic E-state index is 0. The molecule has 2 rings (SSSR count). The highest BCUT2D eigenvalue weighted by molar-refractivity contribution is 14.0. The number of methoxy groups -OCH3 is 1. The molecule has 6 heteroatoms. The molecule has 1 heterocycles. The van der Waals surface area contributed by atoms with E-state index in [1.165, 1.54) is 5.56 Å². The highest BCUT2D eigenvalue weighted by atomic mass is 127. The molecule has 2 N–H and O–H groups in total. The molecule has 0 radical (unpaired) electrons. The standard InChI is InChI=1S/C21H35N3O2.HI/c1-6-22-20(24-17(4)16(2)3)23-15-21(11-13-26-14-12-21)18-7-9-19(25-5)10-8-18;/h7-10,16-17H,6,11-15H2,1-5H3,(H2,22,23,24);1H. The van der Waals surface area contributed by atoms with Gasteiger partial charge in [-0.25, -0.2) is 0 Å². The van der Waals surface area contributed by atoms with Crippen LogP contribution in [0.1, 0.15) is 46.1 Å². The summed E-state index contributed by atoms with van der Waals surface area (Å²) < 4.78 is 11.0. The van der Waals surface area contributed by atoms with E-state index in [-0.39, 0.29) is 29.4 Å². The average Bonchev–Trinajstić information content (AvgIpc) is 2.67. The zero-order valence-electron chi connectivity index (χ0n) is 17.4. The van der Waals surface area contributed by atoms with Crippen LogP contribution in [0, 0.1) is 5.92 Å². The Morgan fingerprint density at radius 3 is 2.33 bits per heavy atom. The van der Waals surface area contributed by atoms with Gasteiger partial charge in [0.1, 0.15) is 5.75 Å². The molecule has 1 aromatic rings. The predicted octanol–water partition coefficient (Wildman–Crippen LogP) is 3.96. The van der Waals surface area contributed by atoms with Gasteiger partial charge in [0.15, 0.2) is 5.96 Å². The van der Waals surface area contributed by atoms with Crippen LogP contribution in [-0.4, -0.2) is 45.4 Å². The van der Waals surface area contributed by atoms with Gasteiger partial charge >= 0.3 is 0 Å². The van der Waals surface area contributed by atoms with Gasteiger partial charge in [0.25, 0.3) is 0 Å². The fourth-order valence-corrected chi connectivity index (χ4v) is 3.18. The van der Waals surface area contributed by atoms with Crippen molar-refractivity contribution in [1.29, 1.82) is 0 Å². The van der Waals surface area contributed by atoms with Crippen molar-refractivity contribution in [2.24, 2.45) is 10.9 Å². The van der Waals surface area contributed by atoms with Crippen molar-refractivity contribution in [2.75, 3.05) is 33.4 Å². The minimum atomic E-state index is 0. The summed E-state index contributed by atoms with van der Waals surface area (Å²) in [6.07, 6.45) is 1.98. The van der Waals surface area contributed by atoms with E-state index in [0.29, 0.717) is 12.0 Å². The summed E-state index contributed by atoms with van der Waals surface area (Å²) in [6, 6.07) is 8.81. The zero-order chi connectivity index (χ0) is 19.0. The number of hydrogen-bond donors (Lipinski definition) is 2. The molecule has 1 aromatic carbocycles. The molecule has 0 aliphatic carbocycles. The molecule has 0 aromatic heterocycles. The maximum Gasteiger partial charge on any atom is 0.191 e. The molecule has 1 aliphatic heterocycles. The molecule has 1 unspecified atom stereocenters. The van der Waals surface area contributed by atoms with Crippen LogP contribution in [0.4, 0.5) is 0 Å². The van der Waals surface area contributed by atoms with Crippen LogP contribution in [0.5, 0.6) is 5.75 Å². The quantitative estimate of drug-likeness (QED) is 0.346. The molecule has 1 aliphatic rings. The molecule has 0 amide bonds. The predicted molar refractivity (Wildman–Crippen MR) is 124 cm³/mol. The molecule has 1 fully saturated rings. The van der Waals surface area contributed by atoms with Crippen molar-refractivity contribution in [1.82, 2.24) is 10.6 Å². The molecular formula is C21H36IN3O2. The molecule has 0 spiro atoms. The molecule has 154 valence electrons. The average molecular weight is 489 g/mol. The molecule has 0 bridgehead atoms. The largest absolute Gasteiger partial charge is 0.497 e. The minimum Gasteiger partial charge on any atom is -0.497 e. The lowest BCUT2D eigenvalue weighted by molar-refractivity contribution is 0.0531. The van der Waals surface area contributed by atoms with Gasteiger partial charge in [-0.05, 0) is 50.3 Å². The van der Waals surface area contributed by atoms with Crippen LogP contribution in [-0.2, 0) is 10.2 Å². The molecule has 0 saturated carbocycles. The van der Waals surface area contributed by atoms with Crippen molar-refractivity contribution in [3.8, 4) is 5.75 Å². The topological polar surface area (TPSA) is 54.9 Å². The van der Waals surface area contributed by atoms with Crippen LogP contribution in [0.15, 0.2) is 29.3 Å². The summed E-state index contributed by atoms with van der Waals surface area (Å²) in [7, 11) is 1.70. The number of halogens is 1. The summed E-state index contributed by atoms with van der Waals surface area (Å²) >= 11 is 0. The van der Waals surface area contributed by atoms with Crippen molar-refractivity contribution < 1.29 is 9.47 Å². The molecule has 1 atom stereocenters. The lowest BCUT2D eigenvalue weighted by Crippen LogP contribution is -2.45. The van der Waals surface area contributed by atoms with Gasteiger partial charge in [0, 0.05) is 31.2 Å². The van der Waals surface area contributed by atoms with Crippen LogP contribution >= 0.6 is 24.0 Å². The van der Waals surface area contributed by atoms with Gasteiger partial charge in [0.05, 0.1) is 13.7 Å². The van der Waals surface area contributed by atoms with Gasteiger partial charge in [-0.2, -0.15) is 0 Å². The first-order valence-corrected chi connectivity index (χ1v) is 9.78. The first kappa shape index (κ1) is 24.0. The van der Waals surface area contributed by atoms with E-state index < -0.39 is 0 Å². The number of rotatable bonds is 7. The van der Waals surface area contributed by atoms with Crippen LogP contribution in [0.25, 0.3) is 0 Å². The Bertz CT molecular complexity index is 569. The summed E-state index contributed by atoms with van der Waals surface area (Å²) in [5.74, 6) is 2.34. The molecule has 27 heavy (non-hydrogen) atoms. The van der Waals surface area contributed by atoms with Crippen LogP contribution in [0.3, 0.4) is 0 Å². The second-order valence-corrected chi connectivity index (χ2v) is 7.49. The molecular weight excluding hydrogens is 453 g/mol. The lowest BCUT2D eigenvalue weighted by Gasteiger charge is -2.37. The first-order valence-electron chi connectivity index (χ1n) is 9.78. The van der Waals surface area contributed by atoms with Crippen LogP contribution < -0.4 is 15.4 Å². The van der Waals surface area contributed by atoms with Gasteiger partial charge in [-0.1, -0.05) is 26.0 Å². The Morgan fingerprint density at radius 2 is 1.81 bits per heavy atom. The zero-order valence-corrected chi connectivity index (χ0v) is 19.7. The number of aliphatic imine (C=N–C) groups is 1. The number of benzene rings is 1. The highest BCUT2D eigenvalue weighted by Gasteiger charge is 2.34. The first-order chi connectivity index (χ1) is 12.5. The van der Waals surface area contributed by atoms with Gasteiger partial charge < -0.3 is 20.1 Å². The van der Waals surface area contributed by atoms with Gasteiger partial charge in [0.2, 0.25) is 0 Å². The third-order valence-corrected chi connectivity index (χ3v) is 5.40. The van der Waals surface area contributed by atoms with E-state index in [9.17, 15) is 0 Å². The van der Waals surface area contributed by atoms with E-state index in [1.54, 1.807) is 7.11 Å². The Balaban J connectivity index is 0.00000364. The monoisotopic (exact) mass is 489 g/mol. The highest BCUT2D eigenvalue weighted by Crippen LogP contribution is 2.36. The third kappa shape index (κ3) is 6.82. The summed E-state index contributed by atoms with van der Waals surface area (Å²) in [6.45, 7) is 11.9. The van der Waals surface area contributed by atoms with E-state index >= 15 is 0 Å². The molecule has 5 nitrogen and oxygen atoms in total. The maximum absolute atomic E-state index is 5.64. The fourth-order valence-electron chi connectivity index (χ4n) is 3.18. The Morgan fingerprint density at radius 1 is 1.19 bits per heavy atom. The fraction of sp³-hybridized carbons (Fsp3) is 0.667. The maximum atomic E-state index is 5.64. The number of nitrogens with one attached hydrogen (secondary N) is 2. The van der Waals surface area contributed by atoms with E-state index in [1.807, 2.05) is 12.1 Å². The summed E-state index contributed by atoms with van der Waals surface area (Å²) in [4.78, 5) is 4.96. The lowest BCUT2D eigenvalue weighted by atomic mass is 9.74. The number of guanidine groups is 1. The number of ether oxygens (including phenoxy) is 2. The van der Waals surface area contributed by atoms with Crippen molar-refractivity contribution in [3.05, 3.63) is 29.8 Å². The van der Waals surface area contributed by atoms with Gasteiger partial charge in [-0.3, -0.25) is 4.99 Å². The van der Waals surface area contributed by atoms with Crippen molar-refractivity contribution >= 4 is 29.9 Å². The van der Waals surface area contributed by atoms with Gasteiger partial charge in [-0.15, -0.1) is 24.0 Å². The number of hydrogen-bond acceptors (Lipinski definition) is 3. The normalized spacial score (nSPS) is 17.8. The smallest absolute Gasteiger partial charge is 0.191 e. The Labute approximate surface area is 181 Å². The van der Waals surface area contributed by atoms with E-state index in [2.05, 4.69) is 50.5 Å². The summed E-state index contributed by atoms with van der Waals surface area (Å²) in [5, 5.41) is 6.91. The Kier molecular flexibility index (Phi) is 10.4.